The number of likely N-dealkylation sites (tertiary alicyclic amines) is 1. The molecule has 4 aromatic rings. The van der Waals surface area contributed by atoms with Crippen molar-refractivity contribution in [2.24, 2.45) is 5.92 Å². The van der Waals surface area contributed by atoms with Crippen molar-refractivity contribution in [1.29, 1.82) is 0 Å². The van der Waals surface area contributed by atoms with E-state index >= 15 is 0 Å². The molecule has 0 radical (unpaired) electrons. The molecule has 0 atom stereocenters. The summed E-state index contributed by atoms with van der Waals surface area (Å²) in [6, 6.07) is 13.4. The summed E-state index contributed by atoms with van der Waals surface area (Å²) < 4.78 is 15.0. The first-order valence-electron chi connectivity index (χ1n) is 11.3. The molecule has 0 unspecified atom stereocenters. The zero-order chi connectivity index (χ0) is 24.4. The van der Waals surface area contributed by atoms with Crippen molar-refractivity contribution in [3.8, 4) is 16.4 Å². The van der Waals surface area contributed by atoms with Crippen LogP contribution in [0.2, 0.25) is 0 Å². The fraction of sp³-hybridized carbons (Fsp3) is 0.240. The molecule has 1 fully saturated rings. The second kappa shape index (κ2) is 9.75. The Balaban J connectivity index is 1.30. The van der Waals surface area contributed by atoms with Crippen molar-refractivity contribution >= 4 is 29.0 Å². The van der Waals surface area contributed by atoms with Crippen LogP contribution < -0.4 is 5.32 Å². The first-order chi connectivity index (χ1) is 17.0. The molecule has 10 heteroatoms. The third-order valence-electron chi connectivity index (χ3n) is 5.93. The number of thiophene rings is 1. The molecule has 0 bridgehead atoms. The Kier molecular flexibility index (Phi) is 6.37. The van der Waals surface area contributed by atoms with Crippen LogP contribution in [0.25, 0.3) is 16.4 Å². The summed E-state index contributed by atoms with van der Waals surface area (Å²) in [6.45, 7) is 2.80. The van der Waals surface area contributed by atoms with Gasteiger partial charge in [-0.05, 0) is 73.2 Å². The summed E-state index contributed by atoms with van der Waals surface area (Å²) in [5, 5.41) is 9.26. The average Bonchev–Trinajstić information content (AvgIpc) is 3.55. The minimum atomic E-state index is -0.354. The molecule has 0 aliphatic carbocycles. The summed E-state index contributed by atoms with van der Waals surface area (Å²) in [4.78, 5) is 37.2. The number of nitrogens with zero attached hydrogens (tertiary/aromatic N) is 5. The van der Waals surface area contributed by atoms with Crippen molar-refractivity contribution < 1.29 is 14.0 Å². The Hall–Kier alpha value is -3.92. The fourth-order valence-corrected chi connectivity index (χ4v) is 4.75. The van der Waals surface area contributed by atoms with Crippen LogP contribution in [0, 0.1) is 18.7 Å². The number of hydrogen-bond acceptors (Lipinski definition) is 6. The second-order valence-electron chi connectivity index (χ2n) is 8.40. The number of hydrogen-bond donors (Lipinski definition) is 1. The maximum atomic E-state index is 13.4. The first kappa shape index (κ1) is 22.9. The molecule has 1 aliphatic heterocycles. The Labute approximate surface area is 205 Å². The van der Waals surface area contributed by atoms with Crippen LogP contribution in [0.4, 0.5) is 10.2 Å². The number of carbonyl (C=O) groups excluding carboxylic acids is 2. The molecule has 4 heterocycles. The highest BCUT2D eigenvalue weighted by Gasteiger charge is 2.30. The lowest BCUT2D eigenvalue weighted by Crippen LogP contribution is -2.42. The number of rotatable bonds is 5. The van der Waals surface area contributed by atoms with Gasteiger partial charge in [-0.2, -0.15) is 0 Å². The summed E-state index contributed by atoms with van der Waals surface area (Å²) in [6.07, 6.45) is 2.74. The van der Waals surface area contributed by atoms with Crippen LogP contribution in [0.3, 0.4) is 0 Å². The number of aromatic nitrogens is 4. The molecule has 1 saturated heterocycles. The van der Waals surface area contributed by atoms with Crippen molar-refractivity contribution in [2.45, 2.75) is 19.8 Å². The van der Waals surface area contributed by atoms with Crippen molar-refractivity contribution in [3.05, 3.63) is 77.3 Å². The highest BCUT2D eigenvalue weighted by atomic mass is 32.1. The lowest BCUT2D eigenvalue weighted by atomic mass is 9.96. The zero-order valence-electron chi connectivity index (χ0n) is 19.0. The summed E-state index contributed by atoms with van der Waals surface area (Å²) in [5.74, 6) is 0.196. The molecule has 1 aliphatic rings. The van der Waals surface area contributed by atoms with E-state index in [-0.39, 0.29) is 29.4 Å². The third kappa shape index (κ3) is 4.97. The van der Waals surface area contributed by atoms with Crippen molar-refractivity contribution in [3.63, 3.8) is 0 Å². The molecule has 5 rings (SSSR count). The van der Waals surface area contributed by atoms with Crippen LogP contribution in [0.15, 0.2) is 60.1 Å². The van der Waals surface area contributed by atoms with Crippen LogP contribution in [0.5, 0.6) is 0 Å². The van der Waals surface area contributed by atoms with E-state index in [1.807, 2.05) is 36.6 Å². The van der Waals surface area contributed by atoms with Gasteiger partial charge in [0.25, 0.3) is 5.91 Å². The highest BCUT2D eigenvalue weighted by Crippen LogP contribution is 2.27. The van der Waals surface area contributed by atoms with E-state index < -0.39 is 0 Å². The Bertz CT molecular complexity index is 1340. The minimum absolute atomic E-state index is 0.0737. The van der Waals surface area contributed by atoms with Crippen LogP contribution >= 0.6 is 11.3 Å². The predicted octanol–water partition coefficient (Wildman–Crippen LogP) is 4.33. The molecule has 8 nitrogen and oxygen atoms in total. The molecular formula is C25H23FN6O2S. The van der Waals surface area contributed by atoms with Gasteiger partial charge in [-0.15, -0.1) is 16.4 Å². The maximum absolute atomic E-state index is 13.4. The van der Waals surface area contributed by atoms with E-state index in [0.717, 1.165) is 10.4 Å². The van der Waals surface area contributed by atoms with E-state index in [0.29, 0.717) is 43.3 Å². The first-order valence-corrected chi connectivity index (χ1v) is 12.2. The molecule has 0 saturated carbocycles. The largest absolute Gasteiger partial charge is 0.336 e. The minimum Gasteiger partial charge on any atom is -0.336 e. The van der Waals surface area contributed by atoms with E-state index in [2.05, 4.69) is 20.4 Å². The number of amides is 2. The van der Waals surface area contributed by atoms with Crippen LogP contribution in [-0.4, -0.2) is 49.6 Å². The Morgan fingerprint density at radius 1 is 1.11 bits per heavy atom. The summed E-state index contributed by atoms with van der Waals surface area (Å²) in [5.41, 5.74) is 1.63. The van der Waals surface area contributed by atoms with Gasteiger partial charge in [0.15, 0.2) is 5.82 Å². The molecule has 0 spiro atoms. The Morgan fingerprint density at radius 3 is 2.57 bits per heavy atom. The van der Waals surface area contributed by atoms with Crippen molar-refractivity contribution in [2.75, 3.05) is 18.4 Å². The van der Waals surface area contributed by atoms with Gasteiger partial charge in [-0.25, -0.2) is 19.0 Å². The third-order valence-corrected chi connectivity index (χ3v) is 6.80. The second-order valence-corrected chi connectivity index (χ2v) is 9.35. The maximum Gasteiger partial charge on any atom is 0.293 e. The van der Waals surface area contributed by atoms with Gasteiger partial charge in [0.1, 0.15) is 11.6 Å². The van der Waals surface area contributed by atoms with E-state index in [9.17, 15) is 14.0 Å². The molecule has 2 amide bonds. The lowest BCUT2D eigenvalue weighted by molar-refractivity contribution is -0.121. The molecule has 1 N–H and O–H groups in total. The van der Waals surface area contributed by atoms with Crippen LogP contribution in [-0.2, 0) is 4.79 Å². The monoisotopic (exact) mass is 490 g/mol. The zero-order valence-corrected chi connectivity index (χ0v) is 19.8. The molecule has 1 aromatic carbocycles. The number of aryl methyl sites for hydroxylation is 1. The van der Waals surface area contributed by atoms with E-state index in [1.165, 1.54) is 23.5 Å². The van der Waals surface area contributed by atoms with E-state index in [1.54, 1.807) is 27.9 Å². The standard InChI is InChI=1S/C25H23FN6O2S/c1-16-8-11-27-21(15-16)28-24(33)17-9-12-31(13-10-17)25(34)22-29-23(20-3-2-14-35-20)32(30-22)19-6-4-18(26)5-7-19/h2-8,11,14-15,17H,9-10,12-13H2,1H3,(H,27,28,33). The van der Waals surface area contributed by atoms with Gasteiger partial charge >= 0.3 is 0 Å². The van der Waals surface area contributed by atoms with Crippen molar-refractivity contribution in [1.82, 2.24) is 24.6 Å². The highest BCUT2D eigenvalue weighted by molar-refractivity contribution is 7.13. The predicted molar refractivity (Wildman–Crippen MR) is 131 cm³/mol. The van der Waals surface area contributed by atoms with Gasteiger partial charge in [-0.1, -0.05) is 6.07 Å². The fourth-order valence-electron chi connectivity index (χ4n) is 4.05. The normalized spacial score (nSPS) is 14.2. The van der Waals surface area contributed by atoms with Gasteiger partial charge in [0.2, 0.25) is 11.7 Å². The SMILES string of the molecule is Cc1ccnc(NC(=O)C2CCN(C(=O)c3nc(-c4cccs4)n(-c4ccc(F)cc4)n3)CC2)c1. The number of halogens is 1. The topological polar surface area (TPSA) is 93.0 Å². The van der Waals surface area contributed by atoms with Gasteiger partial charge in [0, 0.05) is 25.2 Å². The number of nitrogens with one attached hydrogen (secondary N) is 1. The van der Waals surface area contributed by atoms with Crippen LogP contribution in [0.1, 0.15) is 29.0 Å². The van der Waals surface area contributed by atoms with E-state index in [4.69, 9.17) is 0 Å². The smallest absolute Gasteiger partial charge is 0.293 e. The quantitative estimate of drug-likeness (QED) is 0.450. The summed E-state index contributed by atoms with van der Waals surface area (Å²) in [7, 11) is 0. The van der Waals surface area contributed by atoms with Gasteiger partial charge in [-0.3, -0.25) is 9.59 Å². The van der Waals surface area contributed by atoms with Gasteiger partial charge < -0.3 is 10.2 Å². The molecular weight excluding hydrogens is 467 g/mol. The number of piperidine rings is 1. The number of pyridine rings is 1. The number of anilines is 1. The van der Waals surface area contributed by atoms with Gasteiger partial charge in [0.05, 0.1) is 10.6 Å². The number of carbonyl (C=O) groups is 2. The molecule has 35 heavy (non-hydrogen) atoms. The lowest BCUT2D eigenvalue weighted by Gasteiger charge is -2.30. The average molecular weight is 491 g/mol. The summed E-state index contributed by atoms with van der Waals surface area (Å²) >= 11 is 1.48. The Morgan fingerprint density at radius 2 is 1.89 bits per heavy atom. The molecule has 3 aromatic heterocycles. The molecule has 178 valence electrons. The number of benzene rings is 1.